The molecular formula is C11H18F3N3O2S. The van der Waals surface area contributed by atoms with Crippen LogP contribution < -0.4 is 10.5 Å². The summed E-state index contributed by atoms with van der Waals surface area (Å²) in [4.78, 5) is -0.0752. The highest BCUT2D eigenvalue weighted by atomic mass is 32.2. The van der Waals surface area contributed by atoms with Gasteiger partial charge in [-0.05, 0) is 19.9 Å². The van der Waals surface area contributed by atoms with Crippen molar-refractivity contribution in [2.45, 2.75) is 43.9 Å². The van der Waals surface area contributed by atoms with Crippen LogP contribution in [0.1, 0.15) is 32.0 Å². The minimum atomic E-state index is -4.39. The van der Waals surface area contributed by atoms with Crippen molar-refractivity contribution in [2.75, 3.05) is 6.54 Å². The van der Waals surface area contributed by atoms with Gasteiger partial charge in [0.05, 0.1) is 11.3 Å². The third-order valence-electron chi connectivity index (χ3n) is 2.68. The van der Waals surface area contributed by atoms with E-state index in [4.69, 9.17) is 5.73 Å². The van der Waals surface area contributed by atoms with Gasteiger partial charge in [0, 0.05) is 31.0 Å². The largest absolute Gasteiger partial charge is 0.390 e. The van der Waals surface area contributed by atoms with Gasteiger partial charge in [-0.25, -0.2) is 13.1 Å². The summed E-state index contributed by atoms with van der Waals surface area (Å²) >= 11 is 0. The van der Waals surface area contributed by atoms with Crippen LogP contribution in [0.4, 0.5) is 13.2 Å². The molecule has 0 aliphatic rings. The van der Waals surface area contributed by atoms with Gasteiger partial charge in [-0.15, -0.1) is 0 Å². The summed E-state index contributed by atoms with van der Waals surface area (Å²) in [6.45, 7) is 3.17. The summed E-state index contributed by atoms with van der Waals surface area (Å²) < 4.78 is 63.4. The van der Waals surface area contributed by atoms with E-state index >= 15 is 0 Å². The topological polar surface area (TPSA) is 77.1 Å². The number of alkyl halides is 3. The van der Waals surface area contributed by atoms with Crippen molar-refractivity contribution < 1.29 is 21.6 Å². The Balaban J connectivity index is 2.88. The van der Waals surface area contributed by atoms with Gasteiger partial charge in [0.1, 0.15) is 0 Å². The van der Waals surface area contributed by atoms with E-state index < -0.39 is 29.2 Å². The number of nitrogens with two attached hydrogens (primary N) is 1. The van der Waals surface area contributed by atoms with Gasteiger partial charge in [-0.1, -0.05) is 0 Å². The zero-order chi connectivity index (χ0) is 15.6. The van der Waals surface area contributed by atoms with Crippen LogP contribution in [0.3, 0.4) is 0 Å². The fraction of sp³-hybridized carbons (Fsp3) is 0.636. The molecule has 1 rings (SSSR count). The Bertz CT molecular complexity index is 550. The van der Waals surface area contributed by atoms with Crippen molar-refractivity contribution in [1.29, 1.82) is 0 Å². The molecule has 0 amide bonds. The van der Waals surface area contributed by atoms with Crippen LogP contribution in [0.2, 0.25) is 0 Å². The lowest BCUT2D eigenvalue weighted by molar-refractivity contribution is -0.132. The van der Waals surface area contributed by atoms with Gasteiger partial charge in [0.2, 0.25) is 10.0 Å². The highest BCUT2D eigenvalue weighted by Gasteiger charge is 2.28. The number of aromatic nitrogens is 1. The van der Waals surface area contributed by atoms with E-state index in [0.717, 1.165) is 0 Å². The molecule has 0 saturated heterocycles. The molecule has 9 heteroatoms. The first kappa shape index (κ1) is 17.0. The van der Waals surface area contributed by atoms with Crippen molar-refractivity contribution in [3.05, 3.63) is 18.0 Å². The average molecular weight is 313 g/mol. The lowest BCUT2D eigenvalue weighted by Gasteiger charge is -2.10. The Labute approximate surface area is 116 Å². The average Bonchev–Trinajstić information content (AvgIpc) is 2.71. The Morgan fingerprint density at radius 3 is 2.40 bits per heavy atom. The molecule has 1 aromatic heterocycles. The maximum Gasteiger partial charge on any atom is 0.390 e. The standard InChI is InChI=1S/C11H18F3N3O2S/c1-8(2)17-7-10(5-9(17)6-15)20(18,19)16-4-3-11(12,13)14/h5,7-8,16H,3-4,6,15H2,1-2H3. The first-order valence-corrected chi connectivity index (χ1v) is 7.52. The van der Waals surface area contributed by atoms with Crippen molar-refractivity contribution >= 4 is 10.0 Å². The van der Waals surface area contributed by atoms with E-state index in [1.807, 2.05) is 18.6 Å². The fourth-order valence-corrected chi connectivity index (χ4v) is 2.78. The van der Waals surface area contributed by atoms with Crippen molar-refractivity contribution in [2.24, 2.45) is 5.73 Å². The maximum absolute atomic E-state index is 12.0. The number of nitrogens with one attached hydrogen (secondary N) is 1. The molecular weight excluding hydrogens is 295 g/mol. The van der Waals surface area contributed by atoms with Crippen LogP contribution in [0.15, 0.2) is 17.2 Å². The van der Waals surface area contributed by atoms with E-state index in [1.165, 1.54) is 12.3 Å². The van der Waals surface area contributed by atoms with Crippen LogP contribution in [-0.4, -0.2) is 25.7 Å². The zero-order valence-electron chi connectivity index (χ0n) is 11.2. The lowest BCUT2D eigenvalue weighted by Crippen LogP contribution is -2.27. The van der Waals surface area contributed by atoms with Crippen LogP contribution >= 0.6 is 0 Å². The second kappa shape index (κ2) is 6.15. The molecule has 1 heterocycles. The first-order valence-electron chi connectivity index (χ1n) is 6.04. The normalized spacial score (nSPS) is 13.2. The molecule has 0 atom stereocenters. The van der Waals surface area contributed by atoms with Crippen LogP contribution in [0.25, 0.3) is 0 Å². The molecule has 20 heavy (non-hydrogen) atoms. The van der Waals surface area contributed by atoms with Gasteiger partial charge >= 0.3 is 6.18 Å². The van der Waals surface area contributed by atoms with Gasteiger partial charge in [0.15, 0.2) is 0 Å². The molecule has 0 aliphatic carbocycles. The highest BCUT2D eigenvalue weighted by Crippen LogP contribution is 2.20. The van der Waals surface area contributed by atoms with E-state index in [-0.39, 0.29) is 17.5 Å². The van der Waals surface area contributed by atoms with E-state index in [2.05, 4.69) is 0 Å². The molecule has 0 bridgehead atoms. The molecule has 0 unspecified atom stereocenters. The second-order valence-electron chi connectivity index (χ2n) is 4.64. The zero-order valence-corrected chi connectivity index (χ0v) is 12.1. The maximum atomic E-state index is 12.0. The molecule has 5 nitrogen and oxygen atoms in total. The lowest BCUT2D eigenvalue weighted by atomic mass is 10.3. The smallest absolute Gasteiger partial charge is 0.346 e. The van der Waals surface area contributed by atoms with E-state index in [1.54, 1.807) is 4.57 Å². The Morgan fingerprint density at radius 1 is 1.40 bits per heavy atom. The van der Waals surface area contributed by atoms with E-state index in [0.29, 0.717) is 5.69 Å². The van der Waals surface area contributed by atoms with Crippen LogP contribution in [0, 0.1) is 0 Å². The van der Waals surface area contributed by atoms with Crippen molar-refractivity contribution in [1.82, 2.24) is 9.29 Å². The Morgan fingerprint density at radius 2 is 2.00 bits per heavy atom. The van der Waals surface area contributed by atoms with Gasteiger partial charge < -0.3 is 10.3 Å². The third kappa shape index (κ3) is 4.50. The second-order valence-corrected chi connectivity index (χ2v) is 6.40. The van der Waals surface area contributed by atoms with Gasteiger partial charge in [0.25, 0.3) is 0 Å². The third-order valence-corrected chi connectivity index (χ3v) is 4.11. The summed E-state index contributed by atoms with van der Waals surface area (Å²) in [7, 11) is -3.95. The SMILES string of the molecule is CC(C)n1cc(S(=O)(=O)NCCC(F)(F)F)cc1CN. The summed E-state index contributed by atoms with van der Waals surface area (Å²) in [6, 6.07) is 1.38. The van der Waals surface area contributed by atoms with Gasteiger partial charge in [-0.2, -0.15) is 13.2 Å². The predicted molar refractivity (Wildman–Crippen MR) is 68.6 cm³/mol. The molecule has 0 saturated carbocycles. The number of hydrogen-bond acceptors (Lipinski definition) is 3. The van der Waals surface area contributed by atoms with Crippen molar-refractivity contribution in [3.63, 3.8) is 0 Å². The number of rotatable bonds is 6. The van der Waals surface area contributed by atoms with Crippen molar-refractivity contribution in [3.8, 4) is 0 Å². The molecule has 0 aliphatic heterocycles. The predicted octanol–water partition coefficient (Wildman–Crippen LogP) is 1.76. The summed E-state index contributed by atoms with van der Waals surface area (Å²) in [6.07, 6.45) is -4.22. The number of halogens is 3. The van der Waals surface area contributed by atoms with Gasteiger partial charge in [-0.3, -0.25) is 0 Å². The first-order chi connectivity index (χ1) is 9.07. The monoisotopic (exact) mass is 313 g/mol. The molecule has 0 radical (unpaired) electrons. The number of sulfonamides is 1. The summed E-state index contributed by atoms with van der Waals surface area (Å²) in [5.41, 5.74) is 6.13. The number of hydrogen-bond donors (Lipinski definition) is 2. The Kier molecular flexibility index (Phi) is 5.22. The fourth-order valence-electron chi connectivity index (χ4n) is 1.70. The molecule has 3 N–H and O–H groups in total. The summed E-state index contributed by atoms with van der Waals surface area (Å²) in [5, 5.41) is 0. The number of nitrogens with zero attached hydrogens (tertiary/aromatic N) is 1. The summed E-state index contributed by atoms with van der Waals surface area (Å²) in [5.74, 6) is 0. The minimum absolute atomic E-state index is 0.00711. The van der Waals surface area contributed by atoms with Crippen LogP contribution in [0.5, 0.6) is 0 Å². The molecule has 0 fully saturated rings. The molecule has 1 aromatic rings. The highest BCUT2D eigenvalue weighted by molar-refractivity contribution is 7.89. The van der Waals surface area contributed by atoms with Crippen LogP contribution in [-0.2, 0) is 16.6 Å². The molecule has 116 valence electrons. The molecule has 0 spiro atoms. The van der Waals surface area contributed by atoms with E-state index in [9.17, 15) is 21.6 Å². The molecule has 0 aromatic carbocycles. The minimum Gasteiger partial charge on any atom is -0.346 e. The Hall–Kier alpha value is -1.06. The quantitative estimate of drug-likeness (QED) is 0.840.